The van der Waals surface area contributed by atoms with Crippen molar-refractivity contribution in [2.24, 2.45) is 0 Å². The zero-order valence-corrected chi connectivity index (χ0v) is 14.6. The van der Waals surface area contributed by atoms with Crippen molar-refractivity contribution < 1.29 is 17.5 Å². The Morgan fingerprint density at radius 3 is 2.57 bits per heavy atom. The zero-order valence-electron chi connectivity index (χ0n) is 13.7. The van der Waals surface area contributed by atoms with Gasteiger partial charge < -0.3 is 9.05 Å². The highest BCUT2D eigenvalue weighted by atomic mass is 32.2. The van der Waals surface area contributed by atoms with Crippen molar-refractivity contribution >= 4 is 10.0 Å². The number of hydrogen-bond donors (Lipinski definition) is 0. The van der Waals surface area contributed by atoms with Crippen LogP contribution in [0.2, 0.25) is 0 Å². The fourth-order valence-corrected chi connectivity index (χ4v) is 4.96. The van der Waals surface area contributed by atoms with Gasteiger partial charge in [0.05, 0.1) is 11.7 Å². The first-order valence-electron chi connectivity index (χ1n) is 7.73. The Balaban J connectivity index is 1.98. The van der Waals surface area contributed by atoms with Gasteiger partial charge in [0.2, 0.25) is 10.0 Å². The van der Waals surface area contributed by atoms with Gasteiger partial charge in [0.1, 0.15) is 10.6 Å². The van der Waals surface area contributed by atoms with Gasteiger partial charge in [-0.1, -0.05) is 24.2 Å². The van der Waals surface area contributed by atoms with Crippen molar-refractivity contribution in [3.63, 3.8) is 0 Å². The molecule has 1 fully saturated rings. The number of aryl methyl sites for hydroxylation is 2. The summed E-state index contributed by atoms with van der Waals surface area (Å²) in [5.74, 6) is 1.15. The van der Waals surface area contributed by atoms with Crippen LogP contribution in [0.1, 0.15) is 61.6 Å². The summed E-state index contributed by atoms with van der Waals surface area (Å²) in [4.78, 5) is 0.160. The summed E-state index contributed by atoms with van der Waals surface area (Å²) in [6.07, 6.45) is 1.50. The maximum atomic E-state index is 13.0. The molecule has 0 aliphatic carbocycles. The first-order chi connectivity index (χ1) is 10.8. The molecule has 1 atom stereocenters. The smallest absolute Gasteiger partial charge is 0.249 e. The highest BCUT2D eigenvalue weighted by Crippen LogP contribution is 2.38. The van der Waals surface area contributed by atoms with Crippen molar-refractivity contribution in [1.82, 2.24) is 14.6 Å². The van der Waals surface area contributed by atoms with Gasteiger partial charge in [-0.25, -0.2) is 8.42 Å². The second-order valence-electron chi connectivity index (χ2n) is 6.24. The van der Waals surface area contributed by atoms with Gasteiger partial charge in [-0.15, -0.1) is 0 Å². The number of rotatable bonds is 4. The fraction of sp³-hybridized carbons (Fsp3) is 0.600. The van der Waals surface area contributed by atoms with Crippen LogP contribution < -0.4 is 0 Å². The molecule has 8 heteroatoms. The number of nitrogens with zero attached hydrogens (tertiary/aromatic N) is 3. The summed E-state index contributed by atoms with van der Waals surface area (Å²) in [7, 11) is -3.68. The predicted molar refractivity (Wildman–Crippen MR) is 82.4 cm³/mol. The van der Waals surface area contributed by atoms with E-state index in [0.717, 1.165) is 18.5 Å². The Morgan fingerprint density at radius 2 is 2.00 bits per heavy atom. The van der Waals surface area contributed by atoms with E-state index < -0.39 is 10.0 Å². The first kappa shape index (κ1) is 16.2. The van der Waals surface area contributed by atoms with E-state index in [1.807, 2.05) is 19.9 Å². The third-order valence-electron chi connectivity index (χ3n) is 4.20. The topological polar surface area (TPSA) is 89.4 Å². The standard InChI is InChI=1S/C15H21N3O4S/c1-9(2)12-8-14(22-17-12)13-6-5-7-18(13)23(19,20)15-10(3)16-21-11(15)4/h8-9,13H,5-7H2,1-4H3/t13-/m1/s1. The highest BCUT2D eigenvalue weighted by molar-refractivity contribution is 7.89. The SMILES string of the molecule is Cc1noc(C)c1S(=O)(=O)N1CCC[C@@H]1c1cc(C(C)C)no1. The summed E-state index contributed by atoms with van der Waals surface area (Å²) in [5.41, 5.74) is 1.22. The van der Waals surface area contributed by atoms with Crippen LogP contribution in [0.25, 0.3) is 0 Å². The normalized spacial score (nSPS) is 19.8. The molecule has 0 saturated carbocycles. The second kappa shape index (κ2) is 5.76. The zero-order chi connectivity index (χ0) is 16.8. The van der Waals surface area contributed by atoms with E-state index in [1.165, 1.54) is 4.31 Å². The molecule has 1 aliphatic rings. The molecule has 0 amide bonds. The summed E-state index contributed by atoms with van der Waals surface area (Å²) in [6.45, 7) is 7.75. The molecule has 23 heavy (non-hydrogen) atoms. The number of hydrogen-bond acceptors (Lipinski definition) is 6. The molecule has 7 nitrogen and oxygen atoms in total. The summed E-state index contributed by atoms with van der Waals surface area (Å²) in [5, 5.41) is 7.81. The van der Waals surface area contributed by atoms with Gasteiger partial charge in [0.15, 0.2) is 11.5 Å². The van der Waals surface area contributed by atoms with Crippen LogP contribution in [0.4, 0.5) is 0 Å². The second-order valence-corrected chi connectivity index (χ2v) is 8.06. The minimum absolute atomic E-state index is 0.160. The highest BCUT2D eigenvalue weighted by Gasteiger charge is 2.41. The van der Waals surface area contributed by atoms with Gasteiger partial charge in [-0.3, -0.25) is 0 Å². The Labute approximate surface area is 135 Å². The lowest BCUT2D eigenvalue weighted by Crippen LogP contribution is -2.31. The molecule has 0 bridgehead atoms. The first-order valence-corrected chi connectivity index (χ1v) is 9.17. The molecule has 0 aromatic carbocycles. The van der Waals surface area contributed by atoms with Crippen molar-refractivity contribution in [2.45, 2.75) is 57.4 Å². The Kier molecular flexibility index (Phi) is 4.05. The molecular weight excluding hydrogens is 318 g/mol. The molecule has 0 spiro atoms. The summed E-state index contributed by atoms with van der Waals surface area (Å²) in [6, 6.07) is 1.53. The molecule has 3 heterocycles. The van der Waals surface area contributed by atoms with Crippen LogP contribution in [0.5, 0.6) is 0 Å². The lowest BCUT2D eigenvalue weighted by atomic mass is 10.1. The molecule has 0 radical (unpaired) electrons. The monoisotopic (exact) mass is 339 g/mol. The van der Waals surface area contributed by atoms with E-state index in [9.17, 15) is 8.42 Å². The van der Waals surface area contributed by atoms with Crippen LogP contribution in [-0.4, -0.2) is 29.6 Å². The third-order valence-corrected chi connectivity index (χ3v) is 6.36. The Bertz CT molecular complexity index is 787. The lowest BCUT2D eigenvalue weighted by Gasteiger charge is -2.21. The minimum atomic E-state index is -3.68. The fourth-order valence-electron chi connectivity index (χ4n) is 3.01. The largest absolute Gasteiger partial charge is 0.360 e. The van der Waals surface area contributed by atoms with Crippen LogP contribution in [0.15, 0.2) is 20.0 Å². The molecule has 1 saturated heterocycles. The van der Waals surface area contributed by atoms with E-state index in [-0.39, 0.29) is 16.9 Å². The molecule has 2 aromatic heterocycles. The molecule has 3 rings (SSSR count). The number of sulfonamides is 1. The van der Waals surface area contributed by atoms with Crippen LogP contribution >= 0.6 is 0 Å². The molecule has 126 valence electrons. The van der Waals surface area contributed by atoms with Crippen molar-refractivity contribution in [1.29, 1.82) is 0 Å². The quantitative estimate of drug-likeness (QED) is 0.851. The van der Waals surface area contributed by atoms with Gasteiger partial charge in [-0.05, 0) is 32.6 Å². The Hall–Kier alpha value is -1.67. The lowest BCUT2D eigenvalue weighted by molar-refractivity contribution is 0.295. The molecule has 0 N–H and O–H groups in total. The van der Waals surface area contributed by atoms with E-state index in [1.54, 1.807) is 13.8 Å². The molecular formula is C15H21N3O4S. The van der Waals surface area contributed by atoms with Crippen molar-refractivity contribution in [3.8, 4) is 0 Å². The predicted octanol–water partition coefficient (Wildman–Crippen LogP) is 2.93. The maximum Gasteiger partial charge on any atom is 0.249 e. The van der Waals surface area contributed by atoms with Gasteiger partial charge in [0, 0.05) is 12.6 Å². The average Bonchev–Trinajstić information content (AvgIpc) is 3.17. The van der Waals surface area contributed by atoms with Crippen LogP contribution in [0, 0.1) is 13.8 Å². The van der Waals surface area contributed by atoms with Crippen LogP contribution in [0.3, 0.4) is 0 Å². The Morgan fingerprint density at radius 1 is 1.26 bits per heavy atom. The maximum absolute atomic E-state index is 13.0. The average molecular weight is 339 g/mol. The summed E-state index contributed by atoms with van der Waals surface area (Å²) < 4.78 is 38.0. The summed E-state index contributed by atoms with van der Waals surface area (Å²) >= 11 is 0. The van der Waals surface area contributed by atoms with E-state index in [4.69, 9.17) is 9.05 Å². The third kappa shape index (κ3) is 2.70. The van der Waals surface area contributed by atoms with Crippen molar-refractivity contribution in [2.75, 3.05) is 6.54 Å². The molecule has 2 aromatic rings. The van der Waals surface area contributed by atoms with E-state index in [0.29, 0.717) is 23.8 Å². The molecule has 1 aliphatic heterocycles. The number of aromatic nitrogens is 2. The minimum Gasteiger partial charge on any atom is -0.360 e. The van der Waals surface area contributed by atoms with Crippen molar-refractivity contribution in [3.05, 3.63) is 29.0 Å². The van der Waals surface area contributed by atoms with E-state index in [2.05, 4.69) is 10.3 Å². The van der Waals surface area contributed by atoms with E-state index >= 15 is 0 Å². The van der Waals surface area contributed by atoms with Gasteiger partial charge >= 0.3 is 0 Å². The molecule has 0 unspecified atom stereocenters. The van der Waals surface area contributed by atoms with Crippen LogP contribution in [-0.2, 0) is 10.0 Å². The van der Waals surface area contributed by atoms with Gasteiger partial charge in [-0.2, -0.15) is 4.31 Å². The van der Waals surface area contributed by atoms with Gasteiger partial charge in [0.25, 0.3) is 0 Å².